The average Bonchev–Trinajstić information content (AvgIpc) is 2.52. The van der Waals surface area contributed by atoms with Crippen molar-refractivity contribution in [3.05, 3.63) is 46.6 Å². The third-order valence-corrected chi connectivity index (χ3v) is 3.35. The highest BCUT2D eigenvalue weighted by atomic mass is 35.5. The molecular formula is C15H17ClN4O2. The van der Waals surface area contributed by atoms with E-state index in [1.54, 1.807) is 31.4 Å². The number of hydrogen-bond donors (Lipinski definition) is 2. The molecule has 2 rings (SSSR count). The van der Waals surface area contributed by atoms with Crippen LogP contribution >= 0.6 is 11.6 Å². The van der Waals surface area contributed by atoms with Gasteiger partial charge < -0.3 is 15.4 Å². The minimum absolute atomic E-state index is 0.231. The molecule has 0 bridgehead atoms. The van der Waals surface area contributed by atoms with Crippen LogP contribution in [0.2, 0.25) is 5.02 Å². The van der Waals surface area contributed by atoms with E-state index in [0.717, 1.165) is 5.56 Å². The van der Waals surface area contributed by atoms with Gasteiger partial charge in [0.1, 0.15) is 5.82 Å². The second-order valence-electron chi connectivity index (χ2n) is 4.64. The minimum atomic E-state index is -0.337. The van der Waals surface area contributed by atoms with Crippen molar-refractivity contribution in [3.8, 4) is 0 Å². The summed E-state index contributed by atoms with van der Waals surface area (Å²) >= 11 is 6.03. The molecule has 0 spiro atoms. The summed E-state index contributed by atoms with van der Waals surface area (Å²) in [6, 6.07) is 8.62. The van der Waals surface area contributed by atoms with E-state index in [0.29, 0.717) is 29.7 Å². The summed E-state index contributed by atoms with van der Waals surface area (Å²) in [6.45, 7) is 3.09. The fraction of sp³-hybridized carbons (Fsp3) is 0.267. The van der Waals surface area contributed by atoms with Gasteiger partial charge in [-0.1, -0.05) is 17.7 Å². The van der Waals surface area contributed by atoms with Crippen molar-refractivity contribution in [1.82, 2.24) is 10.2 Å². The Morgan fingerprint density at radius 1 is 1.27 bits per heavy atom. The number of anilines is 2. The molecule has 1 aromatic heterocycles. The van der Waals surface area contributed by atoms with Crippen LogP contribution in [0.3, 0.4) is 0 Å². The minimum Gasteiger partial charge on any atom is -0.383 e. The largest absolute Gasteiger partial charge is 0.383 e. The number of aryl methyl sites for hydroxylation is 1. The van der Waals surface area contributed by atoms with Crippen molar-refractivity contribution >= 4 is 29.0 Å². The summed E-state index contributed by atoms with van der Waals surface area (Å²) < 4.78 is 4.92. The van der Waals surface area contributed by atoms with E-state index in [4.69, 9.17) is 16.3 Å². The molecule has 0 aliphatic heterocycles. The number of ether oxygens (including phenoxy) is 1. The molecule has 2 aromatic rings. The number of benzene rings is 1. The maximum Gasteiger partial charge on any atom is 0.276 e. The Balaban J connectivity index is 1.98. The third-order valence-electron chi connectivity index (χ3n) is 2.94. The fourth-order valence-corrected chi connectivity index (χ4v) is 1.88. The van der Waals surface area contributed by atoms with Gasteiger partial charge in [-0.25, -0.2) is 0 Å². The number of carbonyl (C=O) groups is 1. The van der Waals surface area contributed by atoms with E-state index in [2.05, 4.69) is 20.8 Å². The number of methoxy groups -OCH3 is 1. The molecule has 0 fully saturated rings. The summed E-state index contributed by atoms with van der Waals surface area (Å²) in [5.41, 5.74) is 1.80. The molecule has 22 heavy (non-hydrogen) atoms. The average molecular weight is 321 g/mol. The van der Waals surface area contributed by atoms with Crippen LogP contribution in [0.1, 0.15) is 16.1 Å². The molecule has 0 unspecified atom stereocenters. The fourth-order valence-electron chi connectivity index (χ4n) is 1.69. The predicted octanol–water partition coefficient (Wildman–Crippen LogP) is 2.75. The molecule has 0 atom stereocenters. The Labute approximate surface area is 133 Å². The van der Waals surface area contributed by atoms with Crippen molar-refractivity contribution in [3.63, 3.8) is 0 Å². The topological polar surface area (TPSA) is 76.1 Å². The first-order valence-corrected chi connectivity index (χ1v) is 7.12. The summed E-state index contributed by atoms with van der Waals surface area (Å²) in [5, 5.41) is 14.2. The number of halogens is 1. The van der Waals surface area contributed by atoms with Crippen molar-refractivity contribution in [1.29, 1.82) is 0 Å². The zero-order valence-corrected chi connectivity index (χ0v) is 13.1. The highest BCUT2D eigenvalue weighted by molar-refractivity contribution is 6.31. The van der Waals surface area contributed by atoms with Gasteiger partial charge in [-0.15, -0.1) is 10.2 Å². The molecule has 1 aromatic carbocycles. The Kier molecular flexibility index (Phi) is 5.68. The zero-order chi connectivity index (χ0) is 15.9. The number of nitrogens with one attached hydrogen (secondary N) is 2. The number of carbonyl (C=O) groups excluding carboxylic acids is 1. The molecular weight excluding hydrogens is 304 g/mol. The lowest BCUT2D eigenvalue weighted by Crippen LogP contribution is -2.15. The lowest BCUT2D eigenvalue weighted by atomic mass is 10.2. The van der Waals surface area contributed by atoms with Gasteiger partial charge in [0.05, 0.1) is 6.61 Å². The molecule has 6 nitrogen and oxygen atoms in total. The van der Waals surface area contributed by atoms with E-state index < -0.39 is 0 Å². The Bertz CT molecular complexity index is 646. The number of rotatable bonds is 6. The van der Waals surface area contributed by atoms with Crippen molar-refractivity contribution in [2.24, 2.45) is 0 Å². The van der Waals surface area contributed by atoms with Gasteiger partial charge in [-0.3, -0.25) is 4.79 Å². The van der Waals surface area contributed by atoms with E-state index >= 15 is 0 Å². The van der Waals surface area contributed by atoms with Crippen LogP contribution in [-0.2, 0) is 4.74 Å². The molecule has 0 aliphatic rings. The Morgan fingerprint density at radius 2 is 2.09 bits per heavy atom. The molecule has 1 amide bonds. The number of amides is 1. The number of aromatic nitrogens is 2. The van der Waals surface area contributed by atoms with Crippen LogP contribution < -0.4 is 10.6 Å². The van der Waals surface area contributed by atoms with Crippen LogP contribution in [0.15, 0.2) is 30.3 Å². The SMILES string of the molecule is COCCNc1ccc(C(=O)Nc2ccc(C)c(Cl)c2)nn1. The molecule has 2 N–H and O–H groups in total. The lowest BCUT2D eigenvalue weighted by Gasteiger charge is -2.07. The van der Waals surface area contributed by atoms with E-state index in [1.807, 2.05) is 13.0 Å². The van der Waals surface area contributed by atoms with E-state index in [-0.39, 0.29) is 11.6 Å². The van der Waals surface area contributed by atoms with Gasteiger partial charge >= 0.3 is 0 Å². The quantitative estimate of drug-likeness (QED) is 0.800. The molecule has 0 saturated carbocycles. The van der Waals surface area contributed by atoms with Crippen LogP contribution in [0.5, 0.6) is 0 Å². The van der Waals surface area contributed by atoms with Gasteiger partial charge in [-0.05, 0) is 36.8 Å². The van der Waals surface area contributed by atoms with Crippen LogP contribution in [0, 0.1) is 6.92 Å². The van der Waals surface area contributed by atoms with Crippen molar-refractivity contribution in [2.75, 3.05) is 30.9 Å². The van der Waals surface area contributed by atoms with E-state index in [1.165, 1.54) is 0 Å². The molecule has 1 heterocycles. The van der Waals surface area contributed by atoms with Crippen molar-refractivity contribution in [2.45, 2.75) is 6.92 Å². The number of hydrogen-bond acceptors (Lipinski definition) is 5. The summed E-state index contributed by atoms with van der Waals surface area (Å²) in [4.78, 5) is 12.1. The van der Waals surface area contributed by atoms with Crippen LogP contribution in [0.25, 0.3) is 0 Å². The maximum absolute atomic E-state index is 12.1. The normalized spacial score (nSPS) is 10.3. The lowest BCUT2D eigenvalue weighted by molar-refractivity contribution is 0.102. The molecule has 0 radical (unpaired) electrons. The van der Waals surface area contributed by atoms with Gasteiger partial charge in [0, 0.05) is 24.4 Å². The van der Waals surface area contributed by atoms with Gasteiger partial charge in [0.25, 0.3) is 5.91 Å². The zero-order valence-electron chi connectivity index (χ0n) is 12.4. The van der Waals surface area contributed by atoms with Crippen LogP contribution in [0.4, 0.5) is 11.5 Å². The van der Waals surface area contributed by atoms with Crippen molar-refractivity contribution < 1.29 is 9.53 Å². The van der Waals surface area contributed by atoms with Gasteiger partial charge in [0.2, 0.25) is 0 Å². The number of nitrogens with zero attached hydrogens (tertiary/aromatic N) is 2. The maximum atomic E-state index is 12.1. The first kappa shape index (κ1) is 16.2. The van der Waals surface area contributed by atoms with Gasteiger partial charge in [0.15, 0.2) is 5.69 Å². The first-order chi connectivity index (χ1) is 10.6. The van der Waals surface area contributed by atoms with Gasteiger partial charge in [-0.2, -0.15) is 0 Å². The monoisotopic (exact) mass is 320 g/mol. The summed E-state index contributed by atoms with van der Waals surface area (Å²) in [7, 11) is 1.62. The molecule has 7 heteroatoms. The summed E-state index contributed by atoms with van der Waals surface area (Å²) in [6.07, 6.45) is 0. The summed E-state index contributed by atoms with van der Waals surface area (Å²) in [5.74, 6) is 0.253. The Hall–Kier alpha value is -2.18. The second kappa shape index (κ2) is 7.72. The molecule has 116 valence electrons. The van der Waals surface area contributed by atoms with Crippen LogP contribution in [-0.4, -0.2) is 36.4 Å². The first-order valence-electron chi connectivity index (χ1n) is 6.74. The molecule has 0 aliphatic carbocycles. The highest BCUT2D eigenvalue weighted by Crippen LogP contribution is 2.20. The standard InChI is InChI=1S/C15H17ClN4O2/c1-10-3-4-11(9-12(10)16)18-15(21)13-5-6-14(20-19-13)17-7-8-22-2/h3-6,9H,7-8H2,1-2H3,(H,17,20)(H,18,21). The third kappa shape index (κ3) is 4.41. The highest BCUT2D eigenvalue weighted by Gasteiger charge is 2.09. The second-order valence-corrected chi connectivity index (χ2v) is 5.05. The molecule has 0 saturated heterocycles. The van der Waals surface area contributed by atoms with E-state index in [9.17, 15) is 4.79 Å². The smallest absolute Gasteiger partial charge is 0.276 e. The predicted molar refractivity (Wildman–Crippen MR) is 86.5 cm³/mol. The Morgan fingerprint density at radius 3 is 2.73 bits per heavy atom.